The summed E-state index contributed by atoms with van der Waals surface area (Å²) in [5, 5.41) is 0. The van der Waals surface area contributed by atoms with Crippen molar-refractivity contribution in [3.8, 4) is 0 Å². The van der Waals surface area contributed by atoms with Gasteiger partial charge in [-0.3, -0.25) is 0 Å². The molecule has 0 spiro atoms. The number of hydrogen-bond donors (Lipinski definition) is 2. The molecule has 0 radical (unpaired) electrons. The maximum atomic E-state index is 6.03. The normalized spacial score (nSPS) is 41.6. The Labute approximate surface area is 100 Å². The Morgan fingerprint density at radius 3 is 1.75 bits per heavy atom. The molecule has 2 heteroatoms. The molecule has 0 aromatic heterocycles. The zero-order valence-electron chi connectivity index (χ0n) is 10.5. The lowest BCUT2D eigenvalue weighted by atomic mass is 9.79. The maximum absolute atomic E-state index is 6.03. The van der Waals surface area contributed by atoms with Crippen LogP contribution in [-0.4, -0.2) is 12.1 Å². The molecule has 94 valence electrons. The first kappa shape index (κ1) is 12.4. The van der Waals surface area contributed by atoms with Gasteiger partial charge in [0.15, 0.2) is 0 Å². The van der Waals surface area contributed by atoms with Gasteiger partial charge >= 0.3 is 0 Å². The van der Waals surface area contributed by atoms with Gasteiger partial charge in [-0.25, -0.2) is 0 Å². The van der Waals surface area contributed by atoms with Gasteiger partial charge in [0.2, 0.25) is 0 Å². The summed E-state index contributed by atoms with van der Waals surface area (Å²) in [6, 6.07) is 0.989. The summed E-state index contributed by atoms with van der Waals surface area (Å²) in [5.41, 5.74) is 12.0. The molecule has 2 rings (SSSR count). The predicted octanol–water partition coefficient (Wildman–Crippen LogP) is 2.80. The molecule has 2 nitrogen and oxygen atoms in total. The third-order valence-electron chi connectivity index (χ3n) is 4.69. The second kappa shape index (κ2) is 6.02. The van der Waals surface area contributed by atoms with Crippen LogP contribution in [0.3, 0.4) is 0 Å². The highest BCUT2D eigenvalue weighted by Gasteiger charge is 2.23. The van der Waals surface area contributed by atoms with Crippen LogP contribution in [0, 0.1) is 11.8 Å². The first-order valence-electron chi connectivity index (χ1n) is 7.25. The van der Waals surface area contributed by atoms with Crippen molar-refractivity contribution >= 4 is 0 Å². The molecule has 0 bridgehead atoms. The Kier molecular flexibility index (Phi) is 4.66. The minimum absolute atomic E-state index is 0.491. The molecule has 0 heterocycles. The van der Waals surface area contributed by atoms with E-state index >= 15 is 0 Å². The smallest absolute Gasteiger partial charge is 0.00390 e. The molecule has 16 heavy (non-hydrogen) atoms. The van der Waals surface area contributed by atoms with E-state index in [0.717, 1.165) is 11.8 Å². The van der Waals surface area contributed by atoms with Gasteiger partial charge in [-0.05, 0) is 63.2 Å². The van der Waals surface area contributed by atoms with Crippen molar-refractivity contribution in [1.82, 2.24) is 0 Å². The van der Waals surface area contributed by atoms with Crippen LogP contribution >= 0.6 is 0 Å². The number of rotatable bonds is 2. The average Bonchev–Trinajstić information content (AvgIpc) is 2.47. The van der Waals surface area contributed by atoms with Crippen LogP contribution in [0.15, 0.2) is 0 Å². The average molecular weight is 224 g/mol. The van der Waals surface area contributed by atoms with Crippen LogP contribution in [0.2, 0.25) is 0 Å². The lowest BCUT2D eigenvalue weighted by Crippen LogP contribution is -2.27. The van der Waals surface area contributed by atoms with E-state index in [-0.39, 0.29) is 0 Å². The van der Waals surface area contributed by atoms with E-state index in [1.165, 1.54) is 64.2 Å². The van der Waals surface area contributed by atoms with E-state index in [4.69, 9.17) is 11.5 Å². The molecule has 2 fully saturated rings. The van der Waals surface area contributed by atoms with Gasteiger partial charge in [-0.2, -0.15) is 0 Å². The third kappa shape index (κ3) is 3.74. The summed E-state index contributed by atoms with van der Waals surface area (Å²) < 4.78 is 0. The SMILES string of the molecule is NC1CCC(C[C@@H]2CCCC(N)CC2)CC1. The van der Waals surface area contributed by atoms with Gasteiger partial charge < -0.3 is 11.5 Å². The molecule has 1 unspecified atom stereocenters. The lowest BCUT2D eigenvalue weighted by molar-refractivity contribution is 0.256. The van der Waals surface area contributed by atoms with Crippen LogP contribution in [0.25, 0.3) is 0 Å². The third-order valence-corrected chi connectivity index (χ3v) is 4.69. The van der Waals surface area contributed by atoms with Gasteiger partial charge in [-0.15, -0.1) is 0 Å². The summed E-state index contributed by atoms with van der Waals surface area (Å²) in [6.07, 6.45) is 13.4. The fraction of sp³-hybridized carbons (Fsp3) is 1.00. The van der Waals surface area contributed by atoms with Crippen molar-refractivity contribution in [1.29, 1.82) is 0 Å². The summed E-state index contributed by atoms with van der Waals surface area (Å²) in [6.45, 7) is 0. The molecular formula is C14H28N2. The Morgan fingerprint density at radius 2 is 1.12 bits per heavy atom. The van der Waals surface area contributed by atoms with E-state index in [0.29, 0.717) is 12.1 Å². The van der Waals surface area contributed by atoms with E-state index in [9.17, 15) is 0 Å². The maximum Gasteiger partial charge on any atom is 0.00390 e. The zero-order valence-corrected chi connectivity index (χ0v) is 10.5. The first-order valence-corrected chi connectivity index (χ1v) is 7.25. The fourth-order valence-electron chi connectivity index (χ4n) is 3.54. The van der Waals surface area contributed by atoms with Crippen molar-refractivity contribution in [2.75, 3.05) is 0 Å². The van der Waals surface area contributed by atoms with Gasteiger partial charge in [0, 0.05) is 12.1 Å². The van der Waals surface area contributed by atoms with E-state index < -0.39 is 0 Å². The standard InChI is InChI=1S/C14H28N2/c15-13-3-1-2-11(4-7-13)10-12-5-8-14(16)9-6-12/h11-14H,1-10,15-16H2/t11-,12?,13?,14?/m1/s1. The van der Waals surface area contributed by atoms with Crippen LogP contribution in [0.1, 0.15) is 64.2 Å². The van der Waals surface area contributed by atoms with Gasteiger partial charge in [-0.1, -0.05) is 12.8 Å². The van der Waals surface area contributed by atoms with E-state index in [1.807, 2.05) is 0 Å². The van der Waals surface area contributed by atoms with Crippen molar-refractivity contribution in [2.24, 2.45) is 23.3 Å². The molecule has 2 aliphatic carbocycles. The Hall–Kier alpha value is -0.0800. The summed E-state index contributed by atoms with van der Waals surface area (Å²) in [5.74, 6) is 1.94. The molecule has 4 N–H and O–H groups in total. The monoisotopic (exact) mass is 224 g/mol. The largest absolute Gasteiger partial charge is 0.328 e. The fourth-order valence-corrected chi connectivity index (χ4v) is 3.54. The van der Waals surface area contributed by atoms with Crippen molar-refractivity contribution in [3.63, 3.8) is 0 Å². The quantitative estimate of drug-likeness (QED) is 0.709. The predicted molar refractivity (Wildman–Crippen MR) is 69.1 cm³/mol. The molecule has 2 aliphatic rings. The van der Waals surface area contributed by atoms with Crippen LogP contribution in [0.4, 0.5) is 0 Å². The Bertz CT molecular complexity index is 197. The molecule has 0 amide bonds. The molecule has 0 saturated heterocycles. The highest BCUT2D eigenvalue weighted by atomic mass is 14.6. The van der Waals surface area contributed by atoms with E-state index in [2.05, 4.69) is 0 Å². The van der Waals surface area contributed by atoms with Crippen LogP contribution < -0.4 is 11.5 Å². The zero-order chi connectivity index (χ0) is 11.4. The molecule has 0 aliphatic heterocycles. The summed E-state index contributed by atoms with van der Waals surface area (Å²) >= 11 is 0. The lowest BCUT2D eigenvalue weighted by Gasteiger charge is -2.29. The van der Waals surface area contributed by atoms with E-state index in [1.54, 1.807) is 0 Å². The minimum Gasteiger partial charge on any atom is -0.328 e. The van der Waals surface area contributed by atoms with Crippen LogP contribution in [0.5, 0.6) is 0 Å². The number of nitrogens with two attached hydrogens (primary N) is 2. The molecule has 0 aromatic rings. The Morgan fingerprint density at radius 1 is 0.625 bits per heavy atom. The Balaban J connectivity index is 1.72. The van der Waals surface area contributed by atoms with Gasteiger partial charge in [0.1, 0.15) is 0 Å². The van der Waals surface area contributed by atoms with Crippen LogP contribution in [-0.2, 0) is 0 Å². The topological polar surface area (TPSA) is 52.0 Å². The second-order valence-corrected chi connectivity index (χ2v) is 6.15. The van der Waals surface area contributed by atoms with Crippen molar-refractivity contribution in [3.05, 3.63) is 0 Å². The highest BCUT2D eigenvalue weighted by molar-refractivity contribution is 4.79. The van der Waals surface area contributed by atoms with Crippen molar-refractivity contribution < 1.29 is 0 Å². The highest BCUT2D eigenvalue weighted by Crippen LogP contribution is 2.34. The first-order chi connectivity index (χ1) is 7.74. The van der Waals surface area contributed by atoms with Crippen molar-refractivity contribution in [2.45, 2.75) is 76.3 Å². The second-order valence-electron chi connectivity index (χ2n) is 6.15. The molecule has 0 aromatic carbocycles. The molecular weight excluding hydrogens is 196 g/mol. The molecule has 2 saturated carbocycles. The summed E-state index contributed by atoms with van der Waals surface area (Å²) in [7, 11) is 0. The van der Waals surface area contributed by atoms with Gasteiger partial charge in [0.25, 0.3) is 0 Å². The summed E-state index contributed by atoms with van der Waals surface area (Å²) in [4.78, 5) is 0. The minimum atomic E-state index is 0.491. The number of hydrogen-bond acceptors (Lipinski definition) is 2. The van der Waals surface area contributed by atoms with Gasteiger partial charge in [0.05, 0.1) is 0 Å². The molecule has 2 atom stereocenters.